The van der Waals surface area contributed by atoms with Crippen LogP contribution in [0.3, 0.4) is 0 Å². The van der Waals surface area contributed by atoms with Gasteiger partial charge >= 0.3 is 0 Å². The first-order valence-electron chi connectivity index (χ1n) is 7.94. The number of nitrogens with one attached hydrogen (secondary N) is 1. The smallest absolute Gasteiger partial charge is 0.128 e. The van der Waals surface area contributed by atoms with Crippen LogP contribution in [0.5, 0.6) is 0 Å². The summed E-state index contributed by atoms with van der Waals surface area (Å²) < 4.78 is 0. The molecule has 118 valence electrons. The monoisotopic (exact) mass is 306 g/mol. The van der Waals surface area contributed by atoms with Crippen LogP contribution in [0.4, 0.5) is 0 Å². The van der Waals surface area contributed by atoms with Gasteiger partial charge in [-0.05, 0) is 24.6 Å². The predicted molar refractivity (Wildman–Crippen MR) is 96.8 cm³/mol. The maximum Gasteiger partial charge on any atom is 0.128 e. The molecule has 1 aromatic rings. The first-order chi connectivity index (χ1) is 11.3. The third-order valence-electron chi connectivity index (χ3n) is 3.93. The van der Waals surface area contributed by atoms with Crippen LogP contribution >= 0.6 is 0 Å². The van der Waals surface area contributed by atoms with Crippen LogP contribution in [0.25, 0.3) is 0 Å². The summed E-state index contributed by atoms with van der Waals surface area (Å²) in [7, 11) is 1.83. The van der Waals surface area contributed by atoms with Crippen molar-refractivity contribution >= 4 is 11.5 Å². The molecule has 2 aliphatic heterocycles. The molecule has 0 spiro atoms. The van der Waals surface area contributed by atoms with Gasteiger partial charge in [0.1, 0.15) is 5.84 Å². The molecule has 0 bridgehead atoms. The zero-order valence-electron chi connectivity index (χ0n) is 13.7. The van der Waals surface area contributed by atoms with Crippen LogP contribution < -0.4 is 5.32 Å². The Labute approximate surface area is 137 Å². The maximum absolute atomic E-state index is 4.46. The topological polar surface area (TPSA) is 40.0 Å². The molecule has 3 rings (SSSR count). The predicted octanol–water partition coefficient (Wildman–Crippen LogP) is 2.90. The lowest BCUT2D eigenvalue weighted by molar-refractivity contribution is 0.491. The van der Waals surface area contributed by atoms with Gasteiger partial charge in [-0.15, -0.1) is 0 Å². The Bertz CT molecular complexity index is 705. The van der Waals surface area contributed by atoms with Crippen LogP contribution in [0, 0.1) is 0 Å². The molecule has 0 amide bonds. The van der Waals surface area contributed by atoms with Gasteiger partial charge in [0.2, 0.25) is 0 Å². The molecule has 0 radical (unpaired) electrons. The van der Waals surface area contributed by atoms with Crippen molar-refractivity contribution in [2.45, 2.75) is 13.5 Å². The summed E-state index contributed by atoms with van der Waals surface area (Å²) >= 11 is 0. The van der Waals surface area contributed by atoms with E-state index in [1.165, 1.54) is 5.56 Å². The summed E-state index contributed by atoms with van der Waals surface area (Å²) in [5.41, 5.74) is 4.57. The van der Waals surface area contributed by atoms with E-state index in [4.69, 9.17) is 0 Å². The third-order valence-corrected chi connectivity index (χ3v) is 3.93. The summed E-state index contributed by atoms with van der Waals surface area (Å²) in [5, 5.41) is 3.31. The highest BCUT2D eigenvalue weighted by molar-refractivity contribution is 6.10. The number of hydrogen-bond acceptors (Lipinski definition) is 4. The van der Waals surface area contributed by atoms with E-state index in [9.17, 15) is 0 Å². The Kier molecular flexibility index (Phi) is 4.71. The molecule has 0 atom stereocenters. The molecular weight excluding hydrogens is 284 g/mol. The van der Waals surface area contributed by atoms with Gasteiger partial charge < -0.3 is 10.2 Å². The van der Waals surface area contributed by atoms with E-state index < -0.39 is 0 Å². The van der Waals surface area contributed by atoms with Crippen molar-refractivity contribution in [1.82, 2.24) is 10.2 Å². The zero-order chi connectivity index (χ0) is 16.1. The number of benzene rings is 1. The van der Waals surface area contributed by atoms with Crippen LogP contribution in [0.2, 0.25) is 0 Å². The Morgan fingerprint density at radius 3 is 2.78 bits per heavy atom. The summed E-state index contributed by atoms with van der Waals surface area (Å²) in [4.78, 5) is 11.0. The second-order valence-electron chi connectivity index (χ2n) is 5.48. The Hall–Kier alpha value is -2.62. The number of rotatable bonds is 4. The lowest BCUT2D eigenvalue weighted by Gasteiger charge is -2.18. The number of amidine groups is 1. The van der Waals surface area contributed by atoms with E-state index in [2.05, 4.69) is 62.8 Å². The van der Waals surface area contributed by atoms with Crippen molar-refractivity contribution in [2.24, 2.45) is 9.98 Å². The number of allylic oxidation sites excluding steroid dienone is 4. The highest BCUT2D eigenvalue weighted by Gasteiger charge is 2.17. The highest BCUT2D eigenvalue weighted by atomic mass is 15.1. The van der Waals surface area contributed by atoms with Crippen LogP contribution in [0.1, 0.15) is 18.1 Å². The van der Waals surface area contributed by atoms with E-state index in [0.29, 0.717) is 0 Å². The molecule has 0 aromatic heterocycles. The van der Waals surface area contributed by atoms with E-state index in [-0.39, 0.29) is 0 Å². The zero-order valence-corrected chi connectivity index (χ0v) is 13.7. The lowest BCUT2D eigenvalue weighted by atomic mass is 10.1. The Balaban J connectivity index is 1.74. The van der Waals surface area contributed by atoms with Crippen molar-refractivity contribution in [1.29, 1.82) is 0 Å². The molecule has 1 aromatic carbocycles. The van der Waals surface area contributed by atoms with E-state index in [1.54, 1.807) is 0 Å². The van der Waals surface area contributed by atoms with Gasteiger partial charge in [-0.1, -0.05) is 36.4 Å². The van der Waals surface area contributed by atoms with Gasteiger partial charge in [0.15, 0.2) is 0 Å². The molecule has 0 unspecified atom stereocenters. The fourth-order valence-electron chi connectivity index (χ4n) is 2.72. The number of aliphatic imine (C=N–C) groups is 2. The van der Waals surface area contributed by atoms with Crippen LogP contribution in [-0.4, -0.2) is 36.6 Å². The highest BCUT2D eigenvalue weighted by Crippen LogP contribution is 2.20. The molecule has 23 heavy (non-hydrogen) atoms. The Morgan fingerprint density at radius 1 is 1.30 bits per heavy atom. The SMILES string of the molecule is C/C=C\C=C1C(=NC)C=CN1Cc1ccc(C2=NCCN2)cc1. The van der Waals surface area contributed by atoms with Crippen molar-refractivity contribution < 1.29 is 0 Å². The Morgan fingerprint density at radius 2 is 2.13 bits per heavy atom. The average Bonchev–Trinajstić information content (AvgIpc) is 3.23. The van der Waals surface area contributed by atoms with Gasteiger partial charge in [-0.3, -0.25) is 9.98 Å². The van der Waals surface area contributed by atoms with Crippen molar-refractivity contribution in [3.8, 4) is 0 Å². The largest absolute Gasteiger partial charge is 0.368 e. The first kappa shape index (κ1) is 15.3. The summed E-state index contributed by atoms with van der Waals surface area (Å²) in [6.07, 6.45) is 10.3. The van der Waals surface area contributed by atoms with E-state index in [1.807, 2.05) is 26.1 Å². The second kappa shape index (κ2) is 7.09. The van der Waals surface area contributed by atoms with Gasteiger partial charge in [0.25, 0.3) is 0 Å². The molecule has 4 heteroatoms. The molecule has 1 N–H and O–H groups in total. The van der Waals surface area contributed by atoms with Crippen molar-refractivity contribution in [3.63, 3.8) is 0 Å². The van der Waals surface area contributed by atoms with E-state index in [0.717, 1.165) is 42.4 Å². The summed E-state index contributed by atoms with van der Waals surface area (Å²) in [6.45, 7) is 4.66. The first-order valence-corrected chi connectivity index (χ1v) is 7.94. The molecule has 0 saturated heterocycles. The lowest BCUT2D eigenvalue weighted by Crippen LogP contribution is -2.19. The molecule has 2 heterocycles. The molecule has 0 saturated carbocycles. The van der Waals surface area contributed by atoms with Crippen molar-refractivity contribution in [3.05, 3.63) is 71.6 Å². The minimum atomic E-state index is 0.832. The van der Waals surface area contributed by atoms with Crippen LogP contribution in [-0.2, 0) is 6.54 Å². The van der Waals surface area contributed by atoms with Gasteiger partial charge in [-0.2, -0.15) is 0 Å². The third kappa shape index (κ3) is 3.42. The second-order valence-corrected chi connectivity index (χ2v) is 5.48. The molecule has 0 fully saturated rings. The molecule has 4 nitrogen and oxygen atoms in total. The summed E-state index contributed by atoms with van der Waals surface area (Å²) in [5.74, 6) is 1.01. The molecular formula is C19H22N4. The summed E-state index contributed by atoms with van der Waals surface area (Å²) in [6, 6.07) is 8.60. The van der Waals surface area contributed by atoms with Crippen molar-refractivity contribution in [2.75, 3.05) is 20.1 Å². The minimum Gasteiger partial charge on any atom is -0.368 e. The van der Waals surface area contributed by atoms with Gasteiger partial charge in [0.05, 0.1) is 18.0 Å². The minimum absolute atomic E-state index is 0.832. The fraction of sp³-hybridized carbons (Fsp3) is 0.263. The standard InChI is InChI=1S/C19H22N4/c1-3-4-5-18-17(20-2)10-13-23(18)14-15-6-8-16(9-7-15)19-21-11-12-22-19/h3-10,13H,11-12,14H2,1-2H3,(H,21,22)/b4-3-,18-5?,20-17?. The van der Waals surface area contributed by atoms with Gasteiger partial charge in [-0.25, -0.2) is 0 Å². The number of nitrogens with zero attached hydrogens (tertiary/aromatic N) is 3. The molecule has 0 aliphatic carbocycles. The normalized spacial score (nSPS) is 20.8. The molecule has 2 aliphatic rings. The number of hydrogen-bond donors (Lipinski definition) is 1. The average molecular weight is 306 g/mol. The maximum atomic E-state index is 4.46. The van der Waals surface area contributed by atoms with Gasteiger partial charge in [0, 0.05) is 31.9 Å². The fourth-order valence-corrected chi connectivity index (χ4v) is 2.72. The van der Waals surface area contributed by atoms with Crippen LogP contribution in [0.15, 0.2) is 70.5 Å². The quantitative estimate of drug-likeness (QED) is 0.929. The van der Waals surface area contributed by atoms with E-state index >= 15 is 0 Å².